The highest BCUT2D eigenvalue weighted by atomic mass is 35.5. The highest BCUT2D eigenvalue weighted by molar-refractivity contribution is 6.33. The summed E-state index contributed by atoms with van der Waals surface area (Å²) in [5, 5.41) is 5.56. The lowest BCUT2D eigenvalue weighted by Crippen LogP contribution is -2.32. The van der Waals surface area contributed by atoms with Crippen LogP contribution in [-0.2, 0) is 9.53 Å². The van der Waals surface area contributed by atoms with Crippen molar-refractivity contribution in [3.63, 3.8) is 0 Å². The first-order valence-electron chi connectivity index (χ1n) is 11.2. The predicted octanol–water partition coefficient (Wildman–Crippen LogP) is 3.30. The standard InChI is InChI=1S/C23H29ClFN5O4/c1-13(2)34-10-9-27-23(33)19-20(21(26)31)30(12-28-19)16-6-3-14(4-7-16)22(32)29-18-8-5-15(25)11-17(18)24/h5,8,11-14,16H,3-4,6-7,9-10H2,1-2H3,(H2,26,31)(H,27,33)(H,29,32). The topological polar surface area (TPSA) is 128 Å². The second-order valence-electron chi connectivity index (χ2n) is 8.51. The van der Waals surface area contributed by atoms with Crippen LogP contribution in [-0.4, -0.2) is 46.5 Å². The van der Waals surface area contributed by atoms with E-state index in [1.807, 2.05) is 13.8 Å². The number of rotatable bonds is 9. The van der Waals surface area contributed by atoms with Crippen LogP contribution in [0.4, 0.5) is 10.1 Å². The molecular weight excluding hydrogens is 465 g/mol. The summed E-state index contributed by atoms with van der Waals surface area (Å²) in [5.41, 5.74) is 5.96. The monoisotopic (exact) mass is 493 g/mol. The lowest BCUT2D eigenvalue weighted by Gasteiger charge is -2.29. The van der Waals surface area contributed by atoms with E-state index in [0.717, 1.165) is 6.07 Å². The summed E-state index contributed by atoms with van der Waals surface area (Å²) in [7, 11) is 0. The highest BCUT2D eigenvalue weighted by Crippen LogP contribution is 2.34. The number of ether oxygens (including phenoxy) is 1. The van der Waals surface area contributed by atoms with Gasteiger partial charge in [0.15, 0.2) is 5.69 Å². The molecule has 184 valence electrons. The molecule has 1 aromatic carbocycles. The number of primary amides is 1. The van der Waals surface area contributed by atoms with Gasteiger partial charge in [0.25, 0.3) is 11.8 Å². The van der Waals surface area contributed by atoms with Crippen molar-refractivity contribution in [2.75, 3.05) is 18.5 Å². The molecule has 0 aliphatic heterocycles. The van der Waals surface area contributed by atoms with Gasteiger partial charge < -0.3 is 25.7 Å². The van der Waals surface area contributed by atoms with Crippen molar-refractivity contribution in [3.8, 4) is 0 Å². The molecule has 0 unspecified atom stereocenters. The molecule has 3 rings (SSSR count). The lowest BCUT2D eigenvalue weighted by molar-refractivity contribution is -0.121. The van der Waals surface area contributed by atoms with Crippen molar-refractivity contribution in [3.05, 3.63) is 46.8 Å². The van der Waals surface area contributed by atoms with Crippen LogP contribution in [0.15, 0.2) is 24.5 Å². The van der Waals surface area contributed by atoms with Crippen molar-refractivity contribution in [2.24, 2.45) is 11.7 Å². The van der Waals surface area contributed by atoms with Gasteiger partial charge in [-0.1, -0.05) is 11.6 Å². The fourth-order valence-corrected chi connectivity index (χ4v) is 4.25. The molecule has 0 atom stereocenters. The number of carbonyl (C=O) groups is 3. The third-order valence-electron chi connectivity index (χ3n) is 5.73. The fraction of sp³-hybridized carbons (Fsp3) is 0.478. The Balaban J connectivity index is 1.61. The average Bonchev–Trinajstić information content (AvgIpc) is 3.24. The third kappa shape index (κ3) is 6.32. The molecule has 1 saturated carbocycles. The molecule has 4 N–H and O–H groups in total. The first-order chi connectivity index (χ1) is 16.2. The van der Waals surface area contributed by atoms with Gasteiger partial charge in [-0.3, -0.25) is 14.4 Å². The Morgan fingerprint density at radius 3 is 2.59 bits per heavy atom. The Kier molecular flexibility index (Phi) is 8.62. The minimum Gasteiger partial charge on any atom is -0.377 e. The molecule has 9 nitrogen and oxygen atoms in total. The summed E-state index contributed by atoms with van der Waals surface area (Å²) < 4.78 is 20.3. The van der Waals surface area contributed by atoms with Gasteiger partial charge in [-0.15, -0.1) is 0 Å². The van der Waals surface area contributed by atoms with Crippen molar-refractivity contribution in [1.29, 1.82) is 0 Å². The van der Waals surface area contributed by atoms with Gasteiger partial charge in [0.05, 0.1) is 29.7 Å². The largest absolute Gasteiger partial charge is 0.377 e. The molecular formula is C23H29ClFN5O4. The van der Waals surface area contributed by atoms with Crippen LogP contribution in [0.3, 0.4) is 0 Å². The van der Waals surface area contributed by atoms with E-state index >= 15 is 0 Å². The number of carbonyl (C=O) groups excluding carboxylic acids is 3. The van der Waals surface area contributed by atoms with E-state index < -0.39 is 17.6 Å². The second kappa shape index (κ2) is 11.4. The van der Waals surface area contributed by atoms with E-state index in [4.69, 9.17) is 22.1 Å². The second-order valence-corrected chi connectivity index (χ2v) is 8.91. The van der Waals surface area contributed by atoms with E-state index in [1.54, 1.807) is 4.57 Å². The van der Waals surface area contributed by atoms with E-state index in [9.17, 15) is 18.8 Å². The van der Waals surface area contributed by atoms with Crippen LogP contribution >= 0.6 is 11.6 Å². The molecule has 0 radical (unpaired) electrons. The summed E-state index contributed by atoms with van der Waals surface area (Å²) in [4.78, 5) is 41.5. The maximum absolute atomic E-state index is 13.2. The average molecular weight is 494 g/mol. The minimum atomic E-state index is -0.744. The zero-order valence-electron chi connectivity index (χ0n) is 19.1. The summed E-state index contributed by atoms with van der Waals surface area (Å²) >= 11 is 6.00. The Bertz CT molecular complexity index is 1050. The molecule has 11 heteroatoms. The number of imidazole rings is 1. The van der Waals surface area contributed by atoms with E-state index in [-0.39, 0.29) is 46.9 Å². The van der Waals surface area contributed by atoms with E-state index in [2.05, 4.69) is 15.6 Å². The molecule has 1 aromatic heterocycles. The molecule has 34 heavy (non-hydrogen) atoms. The van der Waals surface area contributed by atoms with Gasteiger partial charge in [-0.2, -0.15) is 0 Å². The number of hydrogen-bond acceptors (Lipinski definition) is 5. The quantitative estimate of drug-likeness (QED) is 0.462. The summed E-state index contributed by atoms with van der Waals surface area (Å²) in [6.45, 7) is 4.40. The zero-order chi connectivity index (χ0) is 24.8. The molecule has 0 spiro atoms. The first-order valence-corrected chi connectivity index (χ1v) is 11.6. The number of benzene rings is 1. The third-order valence-corrected chi connectivity index (χ3v) is 6.04. The highest BCUT2D eigenvalue weighted by Gasteiger charge is 2.31. The van der Waals surface area contributed by atoms with Crippen molar-refractivity contribution >= 4 is 35.0 Å². The van der Waals surface area contributed by atoms with Crippen LogP contribution in [0.2, 0.25) is 5.02 Å². The molecule has 0 saturated heterocycles. The predicted molar refractivity (Wildman–Crippen MR) is 125 cm³/mol. The number of amides is 3. The van der Waals surface area contributed by atoms with Crippen molar-refractivity contribution in [2.45, 2.75) is 51.7 Å². The van der Waals surface area contributed by atoms with Crippen LogP contribution in [0.1, 0.15) is 66.5 Å². The van der Waals surface area contributed by atoms with Crippen molar-refractivity contribution in [1.82, 2.24) is 14.9 Å². The van der Waals surface area contributed by atoms with Gasteiger partial charge in [0.1, 0.15) is 11.5 Å². The Hall–Kier alpha value is -2.98. The number of nitrogens with one attached hydrogen (secondary N) is 2. The summed E-state index contributed by atoms with van der Waals surface area (Å²) in [5.74, 6) is -2.18. The fourth-order valence-electron chi connectivity index (χ4n) is 4.03. The van der Waals surface area contributed by atoms with Gasteiger partial charge in [-0.05, 0) is 57.7 Å². The molecule has 0 bridgehead atoms. The van der Waals surface area contributed by atoms with Gasteiger partial charge in [0, 0.05) is 18.5 Å². The maximum atomic E-state index is 13.2. The van der Waals surface area contributed by atoms with Crippen molar-refractivity contribution < 1.29 is 23.5 Å². The van der Waals surface area contributed by atoms with E-state index in [0.29, 0.717) is 38.0 Å². The molecule has 3 amide bonds. The zero-order valence-corrected chi connectivity index (χ0v) is 19.9. The van der Waals surface area contributed by atoms with Crippen LogP contribution in [0.25, 0.3) is 0 Å². The molecule has 1 aliphatic rings. The van der Waals surface area contributed by atoms with Crippen LogP contribution < -0.4 is 16.4 Å². The van der Waals surface area contributed by atoms with Gasteiger partial charge >= 0.3 is 0 Å². The summed E-state index contributed by atoms with van der Waals surface area (Å²) in [6.07, 6.45) is 3.79. The number of nitrogens with zero attached hydrogens (tertiary/aromatic N) is 2. The SMILES string of the molecule is CC(C)OCCNC(=O)c1ncn(C2CCC(C(=O)Nc3ccc(F)cc3Cl)CC2)c1C(N)=O. The normalized spacial score (nSPS) is 18.0. The smallest absolute Gasteiger partial charge is 0.272 e. The first kappa shape index (κ1) is 25.6. The number of nitrogens with two attached hydrogens (primary N) is 1. The molecule has 1 heterocycles. The number of hydrogen-bond donors (Lipinski definition) is 3. The molecule has 1 aliphatic carbocycles. The van der Waals surface area contributed by atoms with Gasteiger partial charge in [0.2, 0.25) is 5.91 Å². The number of anilines is 1. The number of aromatic nitrogens is 2. The molecule has 1 fully saturated rings. The lowest BCUT2D eigenvalue weighted by atomic mass is 9.85. The summed E-state index contributed by atoms with van der Waals surface area (Å²) in [6, 6.07) is 3.67. The number of halogens is 2. The van der Waals surface area contributed by atoms with Crippen LogP contribution in [0.5, 0.6) is 0 Å². The Morgan fingerprint density at radius 2 is 1.97 bits per heavy atom. The molecule has 2 aromatic rings. The van der Waals surface area contributed by atoms with E-state index in [1.165, 1.54) is 18.5 Å². The Labute approximate surface area is 202 Å². The maximum Gasteiger partial charge on any atom is 0.272 e. The minimum absolute atomic E-state index is 0.0251. The Morgan fingerprint density at radius 1 is 1.26 bits per heavy atom. The van der Waals surface area contributed by atoms with Crippen LogP contribution in [0, 0.1) is 11.7 Å². The van der Waals surface area contributed by atoms with Gasteiger partial charge in [-0.25, -0.2) is 9.37 Å².